The third-order valence-electron chi connectivity index (χ3n) is 5.77. The summed E-state index contributed by atoms with van der Waals surface area (Å²) in [6, 6.07) is 30.4. The second kappa shape index (κ2) is 8.07. The molecule has 0 aromatic heterocycles. The van der Waals surface area contributed by atoms with Crippen molar-refractivity contribution in [2.24, 2.45) is 4.99 Å². The van der Waals surface area contributed by atoms with Gasteiger partial charge < -0.3 is 0 Å². The molecule has 2 heterocycles. The molecule has 2 atom stereocenters. The Hall–Kier alpha value is -3.53. The zero-order chi connectivity index (χ0) is 20.3. The molecule has 5 rings (SSSR count). The van der Waals surface area contributed by atoms with E-state index in [2.05, 4.69) is 53.5 Å². The molecule has 3 aromatic rings. The minimum Gasteiger partial charge on any atom is -0.282 e. The average molecular weight is 394 g/mol. The highest BCUT2D eigenvalue weighted by Gasteiger charge is 2.44. The Kier molecular flexibility index (Phi) is 4.98. The van der Waals surface area contributed by atoms with Crippen LogP contribution >= 0.6 is 0 Å². The fourth-order valence-corrected chi connectivity index (χ4v) is 4.27. The maximum absolute atomic E-state index is 13.3. The lowest BCUT2D eigenvalue weighted by molar-refractivity contribution is -0.486. The van der Waals surface area contributed by atoms with Crippen LogP contribution in [0.25, 0.3) is 0 Å². The Morgan fingerprint density at radius 2 is 1.37 bits per heavy atom. The largest absolute Gasteiger partial charge is 0.282 e. The second-order valence-electron chi connectivity index (χ2n) is 7.85. The normalized spacial score (nSPS) is 20.5. The van der Waals surface area contributed by atoms with Gasteiger partial charge in [0.1, 0.15) is 12.6 Å². The first-order valence-corrected chi connectivity index (χ1v) is 10.4. The third kappa shape index (κ3) is 3.69. The van der Waals surface area contributed by atoms with Crippen molar-refractivity contribution < 1.29 is 9.79 Å². The molecule has 148 valence electrons. The van der Waals surface area contributed by atoms with Crippen LogP contribution < -0.4 is 4.99 Å². The molecule has 4 nitrogen and oxygen atoms in total. The molecule has 0 spiro atoms. The number of fused-ring (bicyclic) bond motifs is 1. The number of nitrogens with zero attached hydrogens (tertiary/aromatic N) is 2. The topological polar surface area (TPSA) is 46.6 Å². The number of amides is 1. The van der Waals surface area contributed by atoms with Gasteiger partial charge in [0.2, 0.25) is 11.8 Å². The van der Waals surface area contributed by atoms with Crippen molar-refractivity contribution in [3.63, 3.8) is 0 Å². The molecule has 1 N–H and O–H groups in total. The molecule has 2 aliphatic rings. The van der Waals surface area contributed by atoms with Crippen LogP contribution in [0.4, 0.5) is 0 Å². The molecule has 0 saturated heterocycles. The van der Waals surface area contributed by atoms with Gasteiger partial charge in [0.05, 0.1) is 0 Å². The summed E-state index contributed by atoms with van der Waals surface area (Å²) in [6.07, 6.45) is 1.43. The van der Waals surface area contributed by atoms with Gasteiger partial charge in [-0.3, -0.25) is 14.7 Å². The van der Waals surface area contributed by atoms with E-state index in [-0.39, 0.29) is 18.0 Å². The van der Waals surface area contributed by atoms with E-state index >= 15 is 0 Å². The Balaban J connectivity index is 1.48. The van der Waals surface area contributed by atoms with Gasteiger partial charge >= 0.3 is 0 Å². The Morgan fingerprint density at radius 1 is 0.800 bits per heavy atom. The van der Waals surface area contributed by atoms with E-state index in [1.54, 1.807) is 0 Å². The van der Waals surface area contributed by atoms with Gasteiger partial charge in [0.25, 0.3) is 5.91 Å². The molecular formula is C26H24N3O+. The van der Waals surface area contributed by atoms with E-state index in [4.69, 9.17) is 4.99 Å². The predicted molar refractivity (Wildman–Crippen MR) is 119 cm³/mol. The number of nitrogens with one attached hydrogen (secondary N) is 1. The summed E-state index contributed by atoms with van der Waals surface area (Å²) in [7, 11) is 0. The van der Waals surface area contributed by atoms with Crippen LogP contribution in [0.5, 0.6) is 0 Å². The van der Waals surface area contributed by atoms with Crippen molar-refractivity contribution in [2.45, 2.75) is 24.9 Å². The summed E-state index contributed by atoms with van der Waals surface area (Å²) in [5, 5.41) is 0. The maximum atomic E-state index is 13.3. The maximum Gasteiger partial charge on any atom is 0.253 e. The van der Waals surface area contributed by atoms with Crippen LogP contribution in [0.15, 0.2) is 96.0 Å². The first-order chi connectivity index (χ1) is 14.8. The van der Waals surface area contributed by atoms with Crippen LogP contribution in [0.3, 0.4) is 0 Å². The highest BCUT2D eigenvalue weighted by atomic mass is 16.2. The van der Waals surface area contributed by atoms with Crippen molar-refractivity contribution in [1.82, 2.24) is 4.90 Å². The molecule has 0 saturated carbocycles. The number of hydrogen-bond donors (Lipinski definition) is 1. The summed E-state index contributed by atoms with van der Waals surface area (Å²) >= 11 is 0. The van der Waals surface area contributed by atoms with Gasteiger partial charge in [-0.15, -0.1) is 0 Å². The van der Waals surface area contributed by atoms with Crippen molar-refractivity contribution in [3.8, 4) is 0 Å². The Morgan fingerprint density at radius 3 is 2.00 bits per heavy atom. The van der Waals surface area contributed by atoms with Gasteiger partial charge in [0.15, 0.2) is 5.84 Å². The Labute approximate surface area is 176 Å². The zero-order valence-electron chi connectivity index (χ0n) is 16.7. The number of benzene rings is 3. The van der Waals surface area contributed by atoms with E-state index in [1.807, 2.05) is 47.4 Å². The molecule has 1 amide bonds. The van der Waals surface area contributed by atoms with Crippen LogP contribution in [0, 0.1) is 0 Å². The van der Waals surface area contributed by atoms with Gasteiger partial charge in [-0.25, -0.2) is 4.99 Å². The molecule has 0 bridgehead atoms. The standard InChI is InChI=1S/C26H23N3O/c30-26-23(17-20-12-6-2-7-13-20)28-25-22(16-19-10-4-1-5-11-19)27-24(18-29(25)26)21-14-8-3-9-15-21/h1-15,22-23H,16-18H2/p+1. The van der Waals surface area contributed by atoms with Crippen molar-refractivity contribution in [2.75, 3.05) is 6.54 Å². The quantitative estimate of drug-likeness (QED) is 0.707. The van der Waals surface area contributed by atoms with Gasteiger partial charge in [0, 0.05) is 18.4 Å². The van der Waals surface area contributed by atoms with Crippen molar-refractivity contribution >= 4 is 17.5 Å². The summed E-state index contributed by atoms with van der Waals surface area (Å²) < 4.78 is 0. The molecule has 0 aliphatic carbocycles. The molecule has 0 fully saturated rings. The molecule has 30 heavy (non-hydrogen) atoms. The molecule has 2 unspecified atom stereocenters. The molecule has 2 aliphatic heterocycles. The lowest BCUT2D eigenvalue weighted by atomic mass is 10.0. The summed E-state index contributed by atoms with van der Waals surface area (Å²) in [6.45, 7) is 0.540. The summed E-state index contributed by atoms with van der Waals surface area (Å²) in [5.41, 5.74) is 4.56. The van der Waals surface area contributed by atoms with E-state index in [1.165, 1.54) is 5.56 Å². The fourth-order valence-electron chi connectivity index (χ4n) is 4.27. The Bertz CT molecular complexity index is 1090. The predicted octanol–water partition coefficient (Wildman–Crippen LogP) is 2.03. The minimum absolute atomic E-state index is 0.0268. The van der Waals surface area contributed by atoms with Crippen molar-refractivity contribution in [3.05, 3.63) is 108 Å². The van der Waals surface area contributed by atoms with Crippen LogP contribution in [-0.4, -0.2) is 41.0 Å². The zero-order valence-corrected chi connectivity index (χ0v) is 16.7. The first-order valence-electron chi connectivity index (χ1n) is 10.4. The summed E-state index contributed by atoms with van der Waals surface area (Å²) in [5.74, 6) is 0.964. The lowest BCUT2D eigenvalue weighted by Gasteiger charge is -2.25. The van der Waals surface area contributed by atoms with Crippen LogP contribution in [-0.2, 0) is 17.6 Å². The smallest absolute Gasteiger partial charge is 0.253 e. The van der Waals surface area contributed by atoms with Gasteiger partial charge in [-0.05, 0) is 23.3 Å². The third-order valence-corrected chi connectivity index (χ3v) is 5.77. The first kappa shape index (κ1) is 18.5. The van der Waals surface area contributed by atoms with Gasteiger partial charge in [-0.2, -0.15) is 0 Å². The van der Waals surface area contributed by atoms with Gasteiger partial charge in [-0.1, -0.05) is 78.9 Å². The highest BCUT2D eigenvalue weighted by Crippen LogP contribution is 2.20. The molecule has 3 aromatic carbocycles. The lowest BCUT2D eigenvalue weighted by Crippen LogP contribution is -2.88. The molecule has 4 heteroatoms. The minimum atomic E-state index is -0.349. The average Bonchev–Trinajstić information content (AvgIpc) is 3.11. The fraction of sp³-hybridized carbons (Fsp3) is 0.192. The van der Waals surface area contributed by atoms with E-state index < -0.39 is 0 Å². The highest BCUT2D eigenvalue weighted by molar-refractivity contribution is 6.13. The van der Waals surface area contributed by atoms with E-state index in [9.17, 15) is 4.79 Å². The number of rotatable bonds is 5. The number of hydrogen-bond acceptors (Lipinski definition) is 2. The SMILES string of the molecule is O=C1C(Cc2ccccc2)N=C2C(Cc3ccccc3)[NH+]=C(c3ccccc3)CN12. The number of carbonyl (C=O) groups excluding carboxylic acids is 1. The summed E-state index contributed by atoms with van der Waals surface area (Å²) in [4.78, 5) is 23.8. The van der Waals surface area contributed by atoms with Crippen LogP contribution in [0.2, 0.25) is 0 Å². The molecular weight excluding hydrogens is 370 g/mol. The molecule has 0 radical (unpaired) electrons. The van der Waals surface area contributed by atoms with Crippen LogP contribution in [0.1, 0.15) is 16.7 Å². The monoisotopic (exact) mass is 394 g/mol. The second-order valence-corrected chi connectivity index (χ2v) is 7.85. The van der Waals surface area contributed by atoms with Crippen molar-refractivity contribution in [1.29, 1.82) is 0 Å². The van der Waals surface area contributed by atoms with E-state index in [0.717, 1.165) is 29.1 Å². The number of carbonyl (C=O) groups is 1. The van der Waals surface area contributed by atoms with E-state index in [0.29, 0.717) is 13.0 Å². The number of amidine groups is 1. The number of aliphatic imine (C=N–C) groups is 1.